The van der Waals surface area contributed by atoms with Crippen LogP contribution in [0.5, 0.6) is 0 Å². The topological polar surface area (TPSA) is 6.48 Å². The first-order valence-corrected chi connectivity index (χ1v) is 17.0. The van der Waals surface area contributed by atoms with E-state index >= 15 is 0 Å². The van der Waals surface area contributed by atoms with Gasteiger partial charge in [-0.3, -0.25) is 0 Å². The zero-order valence-corrected chi connectivity index (χ0v) is 25.4. The fraction of sp³-hybridized carbons (Fsp3) is 0.941. The van der Waals surface area contributed by atoms with Gasteiger partial charge in [0.25, 0.3) is 0 Å². The second-order valence-electron chi connectivity index (χ2n) is 11.8. The lowest BCUT2D eigenvalue weighted by Gasteiger charge is -2.33. The molecule has 0 aromatic rings. The van der Waals surface area contributed by atoms with E-state index in [1.807, 2.05) is 0 Å². The van der Waals surface area contributed by atoms with Crippen molar-refractivity contribution in [1.29, 1.82) is 0 Å². The summed E-state index contributed by atoms with van der Waals surface area (Å²) in [6, 6.07) is 0. The molecule has 0 amide bonds. The van der Waals surface area contributed by atoms with E-state index in [4.69, 9.17) is 0 Å². The number of nitrogens with zero attached hydrogens (tertiary/aromatic N) is 2. The van der Waals surface area contributed by atoms with Crippen LogP contribution in [0.15, 0.2) is 12.4 Å². The lowest BCUT2D eigenvalue weighted by atomic mass is 10.0. The number of hydrogen-bond donors (Lipinski definition) is 0. The summed E-state index contributed by atoms with van der Waals surface area (Å²) in [6.07, 6.45) is 42.5. The smallest absolute Gasteiger partial charge is 0.101 e. The van der Waals surface area contributed by atoms with E-state index in [0.29, 0.717) is 6.17 Å². The Hall–Kier alpha value is -0.660. The maximum absolute atomic E-state index is 2.69. The van der Waals surface area contributed by atoms with Crippen molar-refractivity contribution in [3.05, 3.63) is 12.4 Å². The lowest BCUT2D eigenvalue weighted by molar-refractivity contribution is 0.135. The van der Waals surface area contributed by atoms with Crippen LogP contribution >= 0.6 is 0 Å². The third-order valence-corrected chi connectivity index (χ3v) is 8.32. The Morgan fingerprint density at radius 1 is 0.361 bits per heavy atom. The van der Waals surface area contributed by atoms with Crippen LogP contribution in [0.4, 0.5) is 0 Å². The first-order chi connectivity index (χ1) is 17.8. The summed E-state index contributed by atoms with van der Waals surface area (Å²) in [5.74, 6) is 0. The molecule has 0 N–H and O–H groups in total. The minimum Gasteiger partial charge on any atom is -0.356 e. The minimum absolute atomic E-state index is 0.643. The van der Waals surface area contributed by atoms with Crippen LogP contribution < -0.4 is 0 Å². The molecule has 0 fully saturated rings. The molecule has 0 saturated heterocycles. The number of rotatable bonds is 28. The largest absolute Gasteiger partial charge is 0.356 e. The molecule has 214 valence electrons. The van der Waals surface area contributed by atoms with Gasteiger partial charge in [0, 0.05) is 25.5 Å². The van der Waals surface area contributed by atoms with E-state index in [0.717, 1.165) is 0 Å². The van der Waals surface area contributed by atoms with Crippen LogP contribution in [-0.2, 0) is 0 Å². The van der Waals surface area contributed by atoms with Crippen LogP contribution in [0.25, 0.3) is 0 Å². The second-order valence-corrected chi connectivity index (χ2v) is 11.8. The van der Waals surface area contributed by atoms with Gasteiger partial charge in [0.2, 0.25) is 0 Å². The fourth-order valence-corrected chi connectivity index (χ4v) is 5.83. The Morgan fingerprint density at radius 3 is 0.972 bits per heavy atom. The van der Waals surface area contributed by atoms with Gasteiger partial charge in [-0.15, -0.1) is 0 Å². The van der Waals surface area contributed by atoms with Crippen molar-refractivity contribution in [2.24, 2.45) is 0 Å². The molecule has 0 bridgehead atoms. The Labute approximate surface area is 229 Å². The number of unbranched alkanes of at least 4 members (excludes halogenated alkanes) is 22. The first-order valence-electron chi connectivity index (χ1n) is 17.0. The lowest BCUT2D eigenvalue weighted by Crippen LogP contribution is -2.39. The van der Waals surface area contributed by atoms with E-state index in [-0.39, 0.29) is 0 Å². The highest BCUT2D eigenvalue weighted by molar-refractivity contribution is 4.97. The molecule has 0 aliphatic carbocycles. The van der Waals surface area contributed by atoms with Crippen molar-refractivity contribution >= 4 is 0 Å². The molecule has 1 aliphatic rings. The van der Waals surface area contributed by atoms with Crippen LogP contribution in [0.3, 0.4) is 0 Å². The van der Waals surface area contributed by atoms with Gasteiger partial charge in [-0.2, -0.15) is 0 Å². The maximum atomic E-state index is 2.69. The Morgan fingerprint density at radius 2 is 0.639 bits per heavy atom. The highest BCUT2D eigenvalue weighted by Gasteiger charge is 2.24. The van der Waals surface area contributed by atoms with Gasteiger partial charge in [-0.1, -0.05) is 162 Å². The molecule has 0 aromatic carbocycles. The molecule has 0 saturated carbocycles. The molecule has 0 aromatic heterocycles. The van der Waals surface area contributed by atoms with Gasteiger partial charge in [-0.05, 0) is 25.7 Å². The molecule has 0 spiro atoms. The average molecular weight is 505 g/mol. The van der Waals surface area contributed by atoms with Gasteiger partial charge in [-0.25, -0.2) is 0 Å². The molecule has 1 heterocycles. The van der Waals surface area contributed by atoms with Crippen molar-refractivity contribution in [2.75, 3.05) is 13.1 Å². The molecule has 2 nitrogen and oxygen atoms in total. The quantitative estimate of drug-likeness (QED) is 0.0977. The molecule has 1 atom stereocenters. The predicted molar refractivity (Wildman–Crippen MR) is 163 cm³/mol. The van der Waals surface area contributed by atoms with E-state index < -0.39 is 0 Å². The summed E-state index contributed by atoms with van der Waals surface area (Å²) in [7, 11) is 0. The fourth-order valence-electron chi connectivity index (χ4n) is 5.83. The molecule has 36 heavy (non-hydrogen) atoms. The van der Waals surface area contributed by atoms with Crippen LogP contribution in [-0.4, -0.2) is 29.1 Å². The molecule has 1 unspecified atom stereocenters. The minimum atomic E-state index is 0.643. The highest BCUT2D eigenvalue weighted by atomic mass is 15.4. The molecule has 1 aliphatic heterocycles. The molecular formula is C34H68N2. The van der Waals surface area contributed by atoms with Gasteiger partial charge in [0.15, 0.2) is 0 Å². The van der Waals surface area contributed by atoms with Crippen LogP contribution in [0.2, 0.25) is 0 Å². The maximum Gasteiger partial charge on any atom is 0.101 e. The monoisotopic (exact) mass is 505 g/mol. The summed E-state index contributed by atoms with van der Waals surface area (Å²) in [4.78, 5) is 5.38. The van der Waals surface area contributed by atoms with Gasteiger partial charge >= 0.3 is 0 Å². The van der Waals surface area contributed by atoms with Gasteiger partial charge in [0.1, 0.15) is 6.17 Å². The second kappa shape index (κ2) is 26.0. The van der Waals surface area contributed by atoms with Crippen LogP contribution in [0, 0.1) is 0 Å². The van der Waals surface area contributed by atoms with Gasteiger partial charge < -0.3 is 9.80 Å². The number of hydrogen-bond acceptors (Lipinski definition) is 2. The van der Waals surface area contributed by atoms with Crippen molar-refractivity contribution in [3.63, 3.8) is 0 Å². The third kappa shape index (κ3) is 18.6. The van der Waals surface area contributed by atoms with Crippen molar-refractivity contribution < 1.29 is 0 Å². The Kier molecular flexibility index (Phi) is 24.1. The Bertz CT molecular complexity index is 460. The summed E-state index contributed by atoms with van der Waals surface area (Å²) in [6.45, 7) is 9.47. The Balaban J connectivity index is 2.16. The summed E-state index contributed by atoms with van der Waals surface area (Å²) >= 11 is 0. The van der Waals surface area contributed by atoms with E-state index in [2.05, 4.69) is 43.0 Å². The molecule has 2 heteroatoms. The zero-order chi connectivity index (χ0) is 25.9. The third-order valence-electron chi connectivity index (χ3n) is 8.32. The standard InChI is InChI=1S/C34H68N2/c1-4-7-10-13-15-16-17-18-19-20-22-25-28-31-36-33-32-35(30-27-24-21-14-11-8-5-2)34(36)29-26-23-12-9-6-3/h32-34H,4-31H2,1-3H3. The average Bonchev–Trinajstić information content (AvgIpc) is 3.27. The SMILES string of the molecule is CCCCCCCCCCCCCCCN1C=CN(CCCCCCCCC)C1CCCCCCC. The molecule has 1 rings (SSSR count). The van der Waals surface area contributed by atoms with Crippen LogP contribution in [0.1, 0.15) is 188 Å². The molecule has 0 radical (unpaired) electrons. The van der Waals surface area contributed by atoms with Crippen molar-refractivity contribution in [1.82, 2.24) is 9.80 Å². The van der Waals surface area contributed by atoms with Crippen molar-refractivity contribution in [2.45, 2.75) is 194 Å². The normalized spacial score (nSPS) is 15.5. The van der Waals surface area contributed by atoms with Crippen molar-refractivity contribution in [3.8, 4) is 0 Å². The first kappa shape index (κ1) is 33.4. The highest BCUT2D eigenvalue weighted by Crippen LogP contribution is 2.24. The van der Waals surface area contributed by atoms with Gasteiger partial charge in [0.05, 0.1) is 0 Å². The molecular weight excluding hydrogens is 436 g/mol. The predicted octanol–water partition coefficient (Wildman–Crippen LogP) is 11.6. The van der Waals surface area contributed by atoms with E-state index in [1.165, 1.54) is 180 Å². The summed E-state index contributed by atoms with van der Waals surface area (Å²) < 4.78 is 0. The van der Waals surface area contributed by atoms with E-state index in [1.54, 1.807) is 0 Å². The van der Waals surface area contributed by atoms with E-state index in [9.17, 15) is 0 Å². The summed E-state index contributed by atoms with van der Waals surface area (Å²) in [5, 5.41) is 0. The summed E-state index contributed by atoms with van der Waals surface area (Å²) in [5.41, 5.74) is 0. The zero-order valence-electron chi connectivity index (χ0n) is 25.4.